The SMILES string of the molecule is CCOc1ccc(OCC)c(NC2CCCCCCC2)c1. The minimum Gasteiger partial charge on any atom is -0.494 e. The zero-order chi connectivity index (χ0) is 14.9. The molecule has 0 aliphatic heterocycles. The van der Waals surface area contributed by atoms with Crippen LogP contribution in [0.4, 0.5) is 5.69 Å². The van der Waals surface area contributed by atoms with Crippen LogP contribution >= 0.6 is 0 Å². The topological polar surface area (TPSA) is 30.5 Å². The Balaban J connectivity index is 2.08. The third kappa shape index (κ3) is 5.14. The molecule has 0 atom stereocenters. The van der Waals surface area contributed by atoms with E-state index < -0.39 is 0 Å². The van der Waals surface area contributed by atoms with Crippen molar-refractivity contribution in [3.63, 3.8) is 0 Å². The van der Waals surface area contributed by atoms with E-state index in [2.05, 4.69) is 11.4 Å². The number of rotatable bonds is 6. The summed E-state index contributed by atoms with van der Waals surface area (Å²) in [5.41, 5.74) is 1.08. The number of nitrogens with one attached hydrogen (secondary N) is 1. The maximum absolute atomic E-state index is 5.75. The Hall–Kier alpha value is -1.38. The van der Waals surface area contributed by atoms with E-state index in [-0.39, 0.29) is 0 Å². The van der Waals surface area contributed by atoms with Crippen molar-refractivity contribution in [3.05, 3.63) is 18.2 Å². The van der Waals surface area contributed by atoms with Gasteiger partial charge in [0.25, 0.3) is 0 Å². The monoisotopic (exact) mass is 291 g/mol. The maximum Gasteiger partial charge on any atom is 0.142 e. The average Bonchev–Trinajstić information content (AvgIpc) is 2.45. The molecule has 0 aromatic heterocycles. The zero-order valence-electron chi connectivity index (χ0n) is 13.5. The van der Waals surface area contributed by atoms with Gasteiger partial charge < -0.3 is 14.8 Å². The predicted molar refractivity (Wildman–Crippen MR) is 88.5 cm³/mol. The van der Waals surface area contributed by atoms with Gasteiger partial charge in [0.15, 0.2) is 0 Å². The molecule has 1 saturated carbocycles. The van der Waals surface area contributed by atoms with Crippen molar-refractivity contribution in [2.45, 2.75) is 64.8 Å². The molecule has 3 heteroatoms. The Morgan fingerprint density at radius 3 is 2.29 bits per heavy atom. The number of benzene rings is 1. The van der Waals surface area contributed by atoms with Gasteiger partial charge in [0.2, 0.25) is 0 Å². The van der Waals surface area contributed by atoms with Gasteiger partial charge in [0.05, 0.1) is 18.9 Å². The first-order valence-electron chi connectivity index (χ1n) is 8.49. The molecule has 1 aliphatic carbocycles. The minimum absolute atomic E-state index is 0.557. The molecule has 0 spiro atoms. The fourth-order valence-electron chi connectivity index (χ4n) is 2.98. The van der Waals surface area contributed by atoms with Crippen LogP contribution in [-0.2, 0) is 0 Å². The van der Waals surface area contributed by atoms with Crippen LogP contribution in [0.1, 0.15) is 58.8 Å². The van der Waals surface area contributed by atoms with Crippen molar-refractivity contribution in [1.29, 1.82) is 0 Å². The van der Waals surface area contributed by atoms with E-state index in [4.69, 9.17) is 9.47 Å². The fraction of sp³-hybridized carbons (Fsp3) is 0.667. The third-order valence-electron chi connectivity index (χ3n) is 4.03. The van der Waals surface area contributed by atoms with Crippen LogP contribution in [0.2, 0.25) is 0 Å². The van der Waals surface area contributed by atoms with E-state index in [1.807, 2.05) is 26.0 Å². The van der Waals surface area contributed by atoms with Crippen molar-refractivity contribution in [2.24, 2.45) is 0 Å². The van der Waals surface area contributed by atoms with Gasteiger partial charge in [0.1, 0.15) is 11.5 Å². The summed E-state index contributed by atoms with van der Waals surface area (Å²) in [6.45, 7) is 5.42. The molecule has 0 heterocycles. The lowest BCUT2D eigenvalue weighted by Gasteiger charge is -2.24. The van der Waals surface area contributed by atoms with Crippen LogP contribution in [0, 0.1) is 0 Å². The van der Waals surface area contributed by atoms with Gasteiger partial charge in [-0.1, -0.05) is 32.1 Å². The largest absolute Gasteiger partial charge is 0.494 e. The molecular weight excluding hydrogens is 262 g/mol. The van der Waals surface area contributed by atoms with Crippen LogP contribution in [0.15, 0.2) is 18.2 Å². The van der Waals surface area contributed by atoms with Gasteiger partial charge in [-0.25, -0.2) is 0 Å². The summed E-state index contributed by atoms with van der Waals surface area (Å²) in [7, 11) is 0. The molecule has 118 valence electrons. The molecule has 1 aliphatic rings. The molecular formula is C18H29NO2. The molecule has 0 radical (unpaired) electrons. The summed E-state index contributed by atoms with van der Waals surface area (Å²) in [5, 5.41) is 3.70. The van der Waals surface area contributed by atoms with Crippen LogP contribution in [-0.4, -0.2) is 19.3 Å². The van der Waals surface area contributed by atoms with Crippen LogP contribution in [0.3, 0.4) is 0 Å². The highest BCUT2D eigenvalue weighted by Crippen LogP contribution is 2.31. The van der Waals surface area contributed by atoms with Gasteiger partial charge in [-0.05, 0) is 38.8 Å². The lowest BCUT2D eigenvalue weighted by atomic mass is 9.96. The normalized spacial score (nSPS) is 16.9. The highest BCUT2D eigenvalue weighted by atomic mass is 16.5. The zero-order valence-corrected chi connectivity index (χ0v) is 13.5. The molecule has 0 unspecified atom stereocenters. The summed E-state index contributed by atoms with van der Waals surface area (Å²) in [6.07, 6.45) is 9.30. The highest BCUT2D eigenvalue weighted by Gasteiger charge is 2.14. The second-order valence-corrected chi connectivity index (χ2v) is 5.71. The van der Waals surface area contributed by atoms with Crippen molar-refractivity contribution in [2.75, 3.05) is 18.5 Å². The molecule has 1 aromatic rings. The van der Waals surface area contributed by atoms with E-state index in [0.29, 0.717) is 19.3 Å². The Bertz CT molecular complexity index is 412. The average molecular weight is 291 g/mol. The van der Waals surface area contributed by atoms with E-state index >= 15 is 0 Å². The van der Waals surface area contributed by atoms with Crippen LogP contribution in [0.25, 0.3) is 0 Å². The fourth-order valence-corrected chi connectivity index (χ4v) is 2.98. The van der Waals surface area contributed by atoms with Gasteiger partial charge in [-0.15, -0.1) is 0 Å². The molecule has 1 N–H and O–H groups in total. The van der Waals surface area contributed by atoms with E-state index in [9.17, 15) is 0 Å². The van der Waals surface area contributed by atoms with Crippen molar-refractivity contribution in [3.8, 4) is 11.5 Å². The van der Waals surface area contributed by atoms with Gasteiger partial charge >= 0.3 is 0 Å². The van der Waals surface area contributed by atoms with Gasteiger partial charge in [-0.2, -0.15) is 0 Å². The molecule has 1 aromatic carbocycles. The molecule has 0 saturated heterocycles. The smallest absolute Gasteiger partial charge is 0.142 e. The maximum atomic E-state index is 5.75. The summed E-state index contributed by atoms with van der Waals surface area (Å²) in [6, 6.07) is 6.63. The quantitative estimate of drug-likeness (QED) is 0.799. The van der Waals surface area contributed by atoms with Crippen molar-refractivity contribution in [1.82, 2.24) is 0 Å². The first kappa shape index (κ1) is 16.0. The second-order valence-electron chi connectivity index (χ2n) is 5.71. The van der Waals surface area contributed by atoms with E-state index in [0.717, 1.165) is 17.2 Å². The molecule has 0 bridgehead atoms. The Morgan fingerprint density at radius 2 is 1.62 bits per heavy atom. The summed E-state index contributed by atoms with van der Waals surface area (Å²) in [5.74, 6) is 1.84. The second kappa shape index (κ2) is 8.81. The van der Waals surface area contributed by atoms with Crippen molar-refractivity contribution >= 4 is 5.69 Å². The number of hydrogen-bond acceptors (Lipinski definition) is 3. The summed E-state index contributed by atoms with van der Waals surface area (Å²) < 4.78 is 11.4. The number of anilines is 1. The molecule has 3 nitrogen and oxygen atoms in total. The Morgan fingerprint density at radius 1 is 0.952 bits per heavy atom. The standard InChI is InChI=1S/C18H29NO2/c1-3-20-16-12-13-18(21-4-2)17(14-16)19-15-10-8-6-5-7-9-11-15/h12-15,19H,3-11H2,1-2H3. The molecule has 21 heavy (non-hydrogen) atoms. The third-order valence-corrected chi connectivity index (χ3v) is 4.03. The van der Waals surface area contributed by atoms with Crippen molar-refractivity contribution < 1.29 is 9.47 Å². The predicted octanol–water partition coefficient (Wildman–Crippen LogP) is 5.01. The lowest BCUT2D eigenvalue weighted by Crippen LogP contribution is -2.21. The summed E-state index contributed by atoms with van der Waals surface area (Å²) in [4.78, 5) is 0. The first-order valence-corrected chi connectivity index (χ1v) is 8.49. The van der Waals surface area contributed by atoms with E-state index in [1.165, 1.54) is 44.9 Å². The molecule has 1 fully saturated rings. The molecule has 0 amide bonds. The highest BCUT2D eigenvalue weighted by molar-refractivity contribution is 5.60. The minimum atomic E-state index is 0.557. The summed E-state index contributed by atoms with van der Waals surface area (Å²) >= 11 is 0. The molecule has 2 rings (SSSR count). The number of ether oxygens (including phenoxy) is 2. The van der Waals surface area contributed by atoms with Crippen LogP contribution < -0.4 is 14.8 Å². The Kier molecular flexibility index (Phi) is 6.71. The van der Waals surface area contributed by atoms with E-state index in [1.54, 1.807) is 0 Å². The first-order chi connectivity index (χ1) is 10.3. The van der Waals surface area contributed by atoms with Gasteiger partial charge in [-0.3, -0.25) is 0 Å². The van der Waals surface area contributed by atoms with Gasteiger partial charge in [0, 0.05) is 12.1 Å². The van der Waals surface area contributed by atoms with Crippen LogP contribution in [0.5, 0.6) is 11.5 Å². The number of hydrogen-bond donors (Lipinski definition) is 1. The Labute approximate surface area is 129 Å². The lowest BCUT2D eigenvalue weighted by molar-refractivity contribution is 0.331.